The minimum Gasteiger partial charge on any atom is -0.395 e. The van der Waals surface area contributed by atoms with Crippen LogP contribution in [0.2, 0.25) is 0 Å². The fraction of sp³-hybridized carbons (Fsp3) is 0.333. The van der Waals surface area contributed by atoms with E-state index in [9.17, 15) is 10.1 Å². The molecule has 0 aliphatic rings. The lowest BCUT2D eigenvalue weighted by molar-refractivity contribution is -0.127. The molecule has 0 saturated heterocycles. The van der Waals surface area contributed by atoms with Crippen molar-refractivity contribution in [2.45, 2.75) is 6.42 Å². The number of nitriles is 1. The minimum absolute atomic E-state index is 0.0548. The van der Waals surface area contributed by atoms with Gasteiger partial charge in [-0.25, -0.2) is 0 Å². The molecule has 0 radical (unpaired) electrons. The number of aliphatic hydroxyl groups excluding tert-OH is 2. The number of benzene rings is 1. The number of amides is 1. The maximum absolute atomic E-state index is 12.2. The average molecular weight is 342 g/mol. The highest BCUT2D eigenvalue weighted by atomic mass is 16.3. The van der Waals surface area contributed by atoms with Crippen molar-refractivity contribution in [3.05, 3.63) is 47.8 Å². The summed E-state index contributed by atoms with van der Waals surface area (Å²) in [6.45, 7) is 0.276. The van der Waals surface area contributed by atoms with Crippen LogP contribution >= 0.6 is 0 Å². The number of carbonyl (C=O) groups is 1. The largest absolute Gasteiger partial charge is 0.395 e. The lowest BCUT2D eigenvalue weighted by Crippen LogP contribution is -2.37. The third-order valence-electron chi connectivity index (χ3n) is 3.84. The Morgan fingerprint density at radius 2 is 2.00 bits per heavy atom. The summed E-state index contributed by atoms with van der Waals surface area (Å²) in [6.07, 6.45) is 4.08. The first kappa shape index (κ1) is 18.5. The molecule has 0 fully saturated rings. The van der Waals surface area contributed by atoms with Crippen molar-refractivity contribution in [3.63, 3.8) is 0 Å². The number of rotatable bonds is 9. The van der Waals surface area contributed by atoms with Gasteiger partial charge in [0.25, 0.3) is 5.91 Å². The molecule has 2 rings (SSSR count). The molecule has 2 aromatic rings. The van der Waals surface area contributed by atoms with Gasteiger partial charge >= 0.3 is 0 Å². The number of para-hydroxylation sites is 1. The molecule has 1 aromatic carbocycles. The molecule has 132 valence electrons. The highest BCUT2D eigenvalue weighted by molar-refractivity contribution is 5.97. The van der Waals surface area contributed by atoms with Gasteiger partial charge in [-0.3, -0.25) is 4.79 Å². The quantitative estimate of drug-likeness (QED) is 0.301. The van der Waals surface area contributed by atoms with Gasteiger partial charge in [0.15, 0.2) is 0 Å². The predicted molar refractivity (Wildman–Crippen MR) is 94.5 cm³/mol. The van der Waals surface area contributed by atoms with E-state index in [0.717, 1.165) is 22.9 Å². The molecule has 0 bridgehead atoms. The number of aromatic amines is 1. The van der Waals surface area contributed by atoms with E-state index >= 15 is 0 Å². The Hall–Kier alpha value is -2.82. The molecule has 25 heavy (non-hydrogen) atoms. The molecule has 0 atom stereocenters. The molecule has 0 aliphatic carbocycles. The third-order valence-corrected chi connectivity index (χ3v) is 3.84. The van der Waals surface area contributed by atoms with Gasteiger partial charge in [0.2, 0.25) is 0 Å². The van der Waals surface area contributed by atoms with Gasteiger partial charge in [-0.1, -0.05) is 18.2 Å². The van der Waals surface area contributed by atoms with Crippen molar-refractivity contribution in [2.24, 2.45) is 0 Å². The number of hydrogen-bond donors (Lipinski definition) is 4. The fourth-order valence-electron chi connectivity index (χ4n) is 2.59. The van der Waals surface area contributed by atoms with E-state index in [1.54, 1.807) is 0 Å². The highest BCUT2D eigenvalue weighted by Crippen LogP contribution is 2.17. The summed E-state index contributed by atoms with van der Waals surface area (Å²) in [6, 6.07) is 9.87. The number of nitrogens with one attached hydrogen (secondary N) is 2. The number of carbonyl (C=O) groups excluding carboxylic acids is 1. The first-order valence-corrected chi connectivity index (χ1v) is 8.11. The maximum Gasteiger partial charge on any atom is 0.266 e. The van der Waals surface area contributed by atoms with Crippen LogP contribution in [0.3, 0.4) is 0 Å². The number of aromatic nitrogens is 1. The zero-order chi connectivity index (χ0) is 18.1. The third kappa shape index (κ3) is 4.83. The number of aliphatic hydroxyl groups is 2. The van der Waals surface area contributed by atoms with E-state index in [0.29, 0.717) is 6.54 Å². The van der Waals surface area contributed by atoms with Gasteiger partial charge in [-0.05, 0) is 18.1 Å². The number of fused-ring (bicyclic) bond motifs is 1. The van der Waals surface area contributed by atoms with Crippen LogP contribution in [0.1, 0.15) is 5.56 Å². The molecule has 1 aromatic heterocycles. The van der Waals surface area contributed by atoms with Crippen LogP contribution in [0.25, 0.3) is 10.9 Å². The van der Waals surface area contributed by atoms with Crippen molar-refractivity contribution < 1.29 is 15.0 Å². The predicted octanol–water partition coefficient (Wildman–Crippen LogP) is 0.521. The lowest BCUT2D eigenvalue weighted by atomic mass is 10.1. The average Bonchev–Trinajstić information content (AvgIpc) is 3.04. The Balaban J connectivity index is 1.94. The molecule has 0 unspecified atom stereocenters. The van der Waals surface area contributed by atoms with Crippen molar-refractivity contribution in [1.29, 1.82) is 5.26 Å². The lowest BCUT2D eigenvalue weighted by Gasteiger charge is -2.20. The van der Waals surface area contributed by atoms with Crippen LogP contribution in [0.15, 0.2) is 42.2 Å². The van der Waals surface area contributed by atoms with Crippen LogP contribution in [-0.2, 0) is 11.2 Å². The standard InChI is InChI=1S/C18H22N4O3/c19-11-15(18(25)22(7-9-23)8-10-24)12-20-6-5-14-13-21-17-4-2-1-3-16(14)17/h1-4,12-13,20-21,23-24H,5-10H2/b15-12-. The molecular formula is C18H22N4O3. The van der Waals surface area contributed by atoms with Crippen molar-refractivity contribution in [3.8, 4) is 6.07 Å². The summed E-state index contributed by atoms with van der Waals surface area (Å²) in [5, 5.41) is 31.3. The fourth-order valence-corrected chi connectivity index (χ4v) is 2.59. The first-order chi connectivity index (χ1) is 12.2. The van der Waals surface area contributed by atoms with Crippen LogP contribution in [0.5, 0.6) is 0 Å². The van der Waals surface area contributed by atoms with Crippen LogP contribution in [0.4, 0.5) is 0 Å². The van der Waals surface area contributed by atoms with Crippen LogP contribution < -0.4 is 5.32 Å². The van der Waals surface area contributed by atoms with Gasteiger partial charge in [0.1, 0.15) is 11.6 Å². The van der Waals surface area contributed by atoms with Gasteiger partial charge < -0.3 is 25.4 Å². The highest BCUT2D eigenvalue weighted by Gasteiger charge is 2.17. The van der Waals surface area contributed by atoms with Crippen LogP contribution in [0, 0.1) is 11.3 Å². The number of nitrogens with zero attached hydrogens (tertiary/aromatic N) is 2. The zero-order valence-corrected chi connectivity index (χ0v) is 13.9. The number of H-pyrrole nitrogens is 1. The molecule has 4 N–H and O–H groups in total. The second-order valence-corrected chi connectivity index (χ2v) is 5.47. The van der Waals surface area contributed by atoms with Gasteiger partial charge in [0, 0.05) is 42.9 Å². The Kier molecular flexibility index (Phi) is 7.01. The normalized spacial score (nSPS) is 11.3. The summed E-state index contributed by atoms with van der Waals surface area (Å²) < 4.78 is 0. The maximum atomic E-state index is 12.2. The minimum atomic E-state index is -0.509. The topological polar surface area (TPSA) is 112 Å². The van der Waals surface area contributed by atoms with Crippen LogP contribution in [-0.4, -0.2) is 58.9 Å². The van der Waals surface area contributed by atoms with E-state index in [1.807, 2.05) is 36.5 Å². The van der Waals surface area contributed by atoms with Crippen molar-refractivity contribution >= 4 is 16.8 Å². The molecule has 0 aliphatic heterocycles. The summed E-state index contributed by atoms with van der Waals surface area (Å²) in [5.41, 5.74) is 2.17. The van der Waals surface area contributed by atoms with E-state index < -0.39 is 5.91 Å². The van der Waals surface area contributed by atoms with Gasteiger partial charge in [-0.15, -0.1) is 0 Å². The SMILES string of the molecule is N#C/C(=C/NCCc1c[nH]c2ccccc12)C(=O)N(CCO)CCO. The summed E-state index contributed by atoms with van der Waals surface area (Å²) in [5.74, 6) is -0.509. The second kappa shape index (κ2) is 9.47. The van der Waals surface area contributed by atoms with E-state index in [1.165, 1.54) is 11.1 Å². The Morgan fingerprint density at radius 3 is 2.68 bits per heavy atom. The van der Waals surface area contributed by atoms with E-state index in [4.69, 9.17) is 10.2 Å². The van der Waals surface area contributed by atoms with Crippen molar-refractivity contribution in [1.82, 2.24) is 15.2 Å². The Labute approximate surface area is 146 Å². The molecular weight excluding hydrogens is 320 g/mol. The number of hydrogen-bond acceptors (Lipinski definition) is 5. The zero-order valence-electron chi connectivity index (χ0n) is 13.9. The molecule has 7 heteroatoms. The summed E-state index contributed by atoms with van der Waals surface area (Å²) >= 11 is 0. The monoisotopic (exact) mass is 342 g/mol. The summed E-state index contributed by atoms with van der Waals surface area (Å²) in [4.78, 5) is 16.7. The molecule has 7 nitrogen and oxygen atoms in total. The van der Waals surface area contributed by atoms with Gasteiger partial charge in [0.05, 0.1) is 13.2 Å². The van der Waals surface area contributed by atoms with E-state index in [-0.39, 0.29) is 31.9 Å². The van der Waals surface area contributed by atoms with Crippen molar-refractivity contribution in [2.75, 3.05) is 32.8 Å². The molecule has 0 spiro atoms. The Morgan fingerprint density at radius 1 is 1.28 bits per heavy atom. The summed E-state index contributed by atoms with van der Waals surface area (Å²) in [7, 11) is 0. The molecule has 0 saturated carbocycles. The first-order valence-electron chi connectivity index (χ1n) is 8.11. The Bertz CT molecular complexity index is 770. The smallest absolute Gasteiger partial charge is 0.266 e. The van der Waals surface area contributed by atoms with E-state index in [2.05, 4.69) is 10.3 Å². The second-order valence-electron chi connectivity index (χ2n) is 5.47. The molecule has 1 amide bonds. The van der Waals surface area contributed by atoms with Gasteiger partial charge in [-0.2, -0.15) is 5.26 Å². The molecule has 1 heterocycles.